The zero-order chi connectivity index (χ0) is 13.1. The zero-order valence-corrected chi connectivity index (χ0v) is 12.3. The van der Waals surface area contributed by atoms with Gasteiger partial charge in [0, 0.05) is 0 Å². The van der Waals surface area contributed by atoms with Crippen LogP contribution < -0.4 is 0 Å². The maximum atomic E-state index is 9.03. The van der Waals surface area contributed by atoms with Gasteiger partial charge in [-0.1, -0.05) is 58.3 Å². The Morgan fingerprint density at radius 1 is 0.765 bits per heavy atom. The van der Waals surface area contributed by atoms with E-state index in [1.165, 1.54) is 44.9 Å². The van der Waals surface area contributed by atoms with Crippen LogP contribution in [0.4, 0.5) is 0 Å². The third-order valence-electron chi connectivity index (χ3n) is 3.32. The third kappa shape index (κ3) is 11.1. The van der Waals surface area contributed by atoms with Crippen LogP contribution >= 0.6 is 7.94 Å². The summed E-state index contributed by atoms with van der Waals surface area (Å²) in [6.45, 7) is 3.94. The average Bonchev–Trinajstić information content (AvgIpc) is 2.25. The number of hydrogen-bond acceptors (Lipinski definition) is 3. The molecule has 104 valence electrons. The van der Waals surface area contributed by atoms with E-state index >= 15 is 0 Å². The molecule has 0 saturated carbocycles. The maximum absolute atomic E-state index is 9.03. The van der Waals surface area contributed by atoms with Gasteiger partial charge < -0.3 is 0 Å². The molecule has 17 heavy (non-hydrogen) atoms. The normalized spacial score (nSPS) is 13.9. The van der Waals surface area contributed by atoms with Gasteiger partial charge in [0.1, 0.15) is 5.66 Å². The molecular weight excluding hydrogens is 235 g/mol. The van der Waals surface area contributed by atoms with Crippen LogP contribution in [0.15, 0.2) is 0 Å². The second-order valence-corrected chi connectivity index (χ2v) is 7.19. The van der Waals surface area contributed by atoms with Crippen molar-refractivity contribution in [2.75, 3.05) is 0 Å². The number of hydrogen-bond donors (Lipinski definition) is 3. The Morgan fingerprint density at radius 2 is 1.18 bits per heavy atom. The van der Waals surface area contributed by atoms with Gasteiger partial charge in [-0.2, -0.15) is 14.7 Å². The summed E-state index contributed by atoms with van der Waals surface area (Å²) in [4.78, 5) is 27.1. The lowest BCUT2D eigenvalue weighted by Crippen LogP contribution is -2.08. The van der Waals surface area contributed by atoms with E-state index in [4.69, 9.17) is 14.7 Å². The Kier molecular flexibility index (Phi) is 10.4. The summed E-state index contributed by atoms with van der Waals surface area (Å²) in [5, 5.41) is 0. The van der Waals surface area contributed by atoms with Gasteiger partial charge in [0.05, 0.1) is 0 Å². The molecule has 0 fully saturated rings. The molecule has 1 unspecified atom stereocenters. The van der Waals surface area contributed by atoms with Crippen LogP contribution in [0, 0.1) is 0 Å². The first kappa shape index (κ1) is 17.3. The largest absolute Gasteiger partial charge is 0.406 e. The quantitative estimate of drug-likeness (QED) is 0.390. The minimum atomic E-state index is -3.58. The fourth-order valence-corrected chi connectivity index (χ4v) is 2.45. The highest BCUT2D eigenvalue weighted by Crippen LogP contribution is 2.51. The molecular formula is C13H30O3P+. The van der Waals surface area contributed by atoms with Crippen molar-refractivity contribution < 1.29 is 14.7 Å². The second kappa shape index (κ2) is 10.3. The van der Waals surface area contributed by atoms with Gasteiger partial charge in [0.25, 0.3) is 0 Å². The maximum Gasteiger partial charge on any atom is 0.406 e. The lowest BCUT2D eigenvalue weighted by Gasteiger charge is -2.12. The van der Waals surface area contributed by atoms with Crippen molar-refractivity contribution in [2.45, 2.75) is 83.7 Å². The van der Waals surface area contributed by atoms with Gasteiger partial charge >= 0.3 is 7.94 Å². The van der Waals surface area contributed by atoms with Crippen LogP contribution in [-0.2, 0) is 0 Å². The topological polar surface area (TPSA) is 60.7 Å². The molecule has 0 spiro atoms. The standard InChI is InChI=1S/C13H30O3P/c1-3-4-5-6-7-8-9-10-11-12-13(2)17(14,15)16/h13-16H,3-12H2,1-2H3/q+1. The predicted molar refractivity (Wildman–Crippen MR) is 74.9 cm³/mol. The molecule has 3 N–H and O–H groups in total. The van der Waals surface area contributed by atoms with Crippen molar-refractivity contribution >= 4 is 7.94 Å². The minimum Gasteiger partial charge on any atom is -0.193 e. The SMILES string of the molecule is CCCCCCCCCCCC(C)[P+](O)(O)O. The van der Waals surface area contributed by atoms with Crippen molar-refractivity contribution in [3.63, 3.8) is 0 Å². The summed E-state index contributed by atoms with van der Waals surface area (Å²) in [6, 6.07) is 0. The molecule has 0 rings (SSSR count). The molecule has 0 saturated heterocycles. The van der Waals surface area contributed by atoms with Crippen LogP contribution in [0.3, 0.4) is 0 Å². The van der Waals surface area contributed by atoms with Crippen molar-refractivity contribution in [2.24, 2.45) is 0 Å². The molecule has 0 aliphatic heterocycles. The van der Waals surface area contributed by atoms with E-state index < -0.39 is 7.94 Å². The fourth-order valence-electron chi connectivity index (χ4n) is 1.92. The van der Waals surface area contributed by atoms with Crippen molar-refractivity contribution in [3.05, 3.63) is 0 Å². The molecule has 0 radical (unpaired) electrons. The highest BCUT2D eigenvalue weighted by molar-refractivity contribution is 7.59. The average molecular weight is 265 g/mol. The molecule has 0 amide bonds. The van der Waals surface area contributed by atoms with Crippen LogP contribution in [0.25, 0.3) is 0 Å². The molecule has 1 atom stereocenters. The van der Waals surface area contributed by atoms with E-state index in [0.29, 0.717) is 6.42 Å². The van der Waals surface area contributed by atoms with E-state index in [1.807, 2.05) is 0 Å². The summed E-state index contributed by atoms with van der Waals surface area (Å²) in [5.74, 6) is 0. The van der Waals surface area contributed by atoms with Gasteiger partial charge in [-0.25, -0.2) is 0 Å². The Morgan fingerprint density at radius 3 is 1.59 bits per heavy atom. The van der Waals surface area contributed by atoms with E-state index in [9.17, 15) is 0 Å². The molecule has 3 nitrogen and oxygen atoms in total. The molecule has 0 aromatic carbocycles. The van der Waals surface area contributed by atoms with E-state index in [1.54, 1.807) is 6.92 Å². The van der Waals surface area contributed by atoms with E-state index in [-0.39, 0.29) is 5.66 Å². The van der Waals surface area contributed by atoms with E-state index in [0.717, 1.165) is 12.8 Å². The van der Waals surface area contributed by atoms with Crippen LogP contribution in [0.1, 0.15) is 78.1 Å². The van der Waals surface area contributed by atoms with Gasteiger partial charge in [0.2, 0.25) is 0 Å². The molecule has 0 aromatic rings. The van der Waals surface area contributed by atoms with Gasteiger partial charge in [-0.15, -0.1) is 0 Å². The first-order valence-electron chi connectivity index (χ1n) is 7.05. The fraction of sp³-hybridized carbons (Fsp3) is 1.00. The van der Waals surface area contributed by atoms with Crippen molar-refractivity contribution in [1.29, 1.82) is 0 Å². The molecule has 0 aliphatic rings. The van der Waals surface area contributed by atoms with Crippen LogP contribution in [0.5, 0.6) is 0 Å². The van der Waals surface area contributed by atoms with Crippen molar-refractivity contribution in [1.82, 2.24) is 0 Å². The molecule has 0 aromatic heterocycles. The summed E-state index contributed by atoms with van der Waals surface area (Å²) in [6.07, 6.45) is 12.0. The first-order chi connectivity index (χ1) is 7.98. The van der Waals surface area contributed by atoms with Crippen LogP contribution in [0.2, 0.25) is 0 Å². The Labute approximate surface area is 107 Å². The lowest BCUT2D eigenvalue weighted by atomic mass is 10.1. The Bertz CT molecular complexity index is 169. The van der Waals surface area contributed by atoms with E-state index in [2.05, 4.69) is 6.92 Å². The Hall–Kier alpha value is 0.310. The smallest absolute Gasteiger partial charge is 0.193 e. The van der Waals surface area contributed by atoms with Gasteiger partial charge in [-0.3, -0.25) is 0 Å². The summed E-state index contributed by atoms with van der Waals surface area (Å²) >= 11 is 0. The molecule has 0 bridgehead atoms. The van der Waals surface area contributed by atoms with Gasteiger partial charge in [0.15, 0.2) is 0 Å². The monoisotopic (exact) mass is 265 g/mol. The second-order valence-electron chi connectivity index (χ2n) is 5.08. The lowest BCUT2D eigenvalue weighted by molar-refractivity contribution is 0.313. The first-order valence-corrected chi connectivity index (χ1v) is 8.77. The number of rotatable bonds is 11. The molecule has 0 aliphatic carbocycles. The van der Waals surface area contributed by atoms with Gasteiger partial charge in [-0.05, 0) is 19.8 Å². The summed E-state index contributed by atoms with van der Waals surface area (Å²) in [5.41, 5.74) is -0.355. The minimum absolute atomic E-state index is 0.355. The number of unbranched alkanes of at least 4 members (excludes halogenated alkanes) is 8. The third-order valence-corrected chi connectivity index (χ3v) is 4.76. The molecule has 0 heterocycles. The summed E-state index contributed by atoms with van der Waals surface area (Å²) < 4.78 is 0. The van der Waals surface area contributed by atoms with Crippen molar-refractivity contribution in [3.8, 4) is 0 Å². The Balaban J connectivity index is 3.19. The zero-order valence-electron chi connectivity index (χ0n) is 11.4. The van der Waals surface area contributed by atoms with Crippen LogP contribution in [-0.4, -0.2) is 20.3 Å². The summed E-state index contributed by atoms with van der Waals surface area (Å²) in [7, 11) is -3.58. The highest BCUT2D eigenvalue weighted by Gasteiger charge is 2.37. The highest BCUT2D eigenvalue weighted by atomic mass is 31.2. The molecule has 4 heteroatoms. The predicted octanol–water partition coefficient (Wildman–Crippen LogP) is 4.04.